The van der Waals surface area contributed by atoms with Gasteiger partial charge in [0, 0.05) is 43.2 Å². The van der Waals surface area contributed by atoms with Crippen molar-refractivity contribution in [2.24, 2.45) is 5.73 Å². The summed E-state index contributed by atoms with van der Waals surface area (Å²) in [4.78, 5) is 32.1. The van der Waals surface area contributed by atoms with Crippen molar-refractivity contribution in [1.29, 1.82) is 0 Å². The minimum Gasteiger partial charge on any atom is -0.445 e. The molecule has 46 heavy (non-hydrogen) atoms. The molecule has 250 valence electrons. The van der Waals surface area contributed by atoms with Gasteiger partial charge in [0.1, 0.15) is 24.3 Å². The Balaban J connectivity index is 1.88. The topological polar surface area (TPSA) is 152 Å². The Kier molecular flexibility index (Phi) is 14.0. The Hall–Kier alpha value is -3.94. The number of benzene rings is 2. The van der Waals surface area contributed by atoms with Crippen LogP contribution >= 0.6 is 0 Å². The first-order valence-electron chi connectivity index (χ1n) is 15.2. The van der Waals surface area contributed by atoms with Gasteiger partial charge in [-0.3, -0.25) is 9.78 Å². The molecule has 3 rings (SSSR count). The third-order valence-electron chi connectivity index (χ3n) is 7.29. The van der Waals surface area contributed by atoms with E-state index in [0.717, 1.165) is 30.2 Å². The van der Waals surface area contributed by atoms with Crippen LogP contribution in [0.3, 0.4) is 0 Å². The molecule has 2 aromatic carbocycles. The van der Waals surface area contributed by atoms with E-state index in [1.165, 1.54) is 11.1 Å². The van der Waals surface area contributed by atoms with E-state index in [-0.39, 0.29) is 37.4 Å². The summed E-state index contributed by atoms with van der Waals surface area (Å²) in [7, 11) is -3.80. The van der Waals surface area contributed by atoms with Crippen LogP contribution in [-0.4, -0.2) is 71.6 Å². The molecule has 0 fully saturated rings. The second kappa shape index (κ2) is 17.7. The fourth-order valence-electron chi connectivity index (χ4n) is 4.81. The molecule has 0 aliphatic heterocycles. The monoisotopic (exact) mass is 660 g/mol. The maximum Gasteiger partial charge on any atom is 0.408 e. The molecular weight excluding hydrogens is 618 g/mol. The number of carbonyl (C=O) groups excluding carboxylic acids is 2. The largest absolute Gasteiger partial charge is 0.445 e. The SMILES string of the molecule is CCCCS(=O)(=O)C[C@@H](NC(=O)OCc1cccnc1)C(=O)N(Cc1cccc(CC)c1)C[C@@H](O)[C@@H](N)Cc1cc(F)cc(F)c1. The number of nitrogens with zero attached hydrogens (tertiary/aromatic N) is 2. The molecule has 2 amide bonds. The molecule has 3 atom stereocenters. The molecule has 10 nitrogen and oxygen atoms in total. The van der Waals surface area contributed by atoms with Gasteiger partial charge < -0.3 is 25.8 Å². The van der Waals surface area contributed by atoms with Crippen molar-refractivity contribution in [3.05, 3.63) is 101 Å². The average molecular weight is 661 g/mol. The van der Waals surface area contributed by atoms with Gasteiger partial charge in [-0.2, -0.15) is 0 Å². The number of aliphatic hydroxyl groups is 1. The first-order valence-corrected chi connectivity index (χ1v) is 17.0. The highest BCUT2D eigenvalue weighted by Crippen LogP contribution is 2.16. The van der Waals surface area contributed by atoms with E-state index >= 15 is 0 Å². The Bertz CT molecular complexity index is 1520. The molecule has 1 heterocycles. The third kappa shape index (κ3) is 12.1. The summed E-state index contributed by atoms with van der Waals surface area (Å²) in [5.74, 6) is -3.24. The number of sulfone groups is 1. The predicted octanol–water partition coefficient (Wildman–Crippen LogP) is 3.69. The molecule has 0 aliphatic rings. The lowest BCUT2D eigenvalue weighted by Crippen LogP contribution is -2.54. The number of ether oxygens (including phenoxy) is 1. The molecule has 0 saturated heterocycles. The summed E-state index contributed by atoms with van der Waals surface area (Å²) in [6, 6.07) is 11.1. The van der Waals surface area contributed by atoms with Crippen molar-refractivity contribution in [3.63, 3.8) is 0 Å². The van der Waals surface area contributed by atoms with Gasteiger partial charge in [-0.25, -0.2) is 22.0 Å². The molecule has 3 aromatic rings. The third-order valence-corrected chi connectivity index (χ3v) is 9.04. The molecule has 0 saturated carbocycles. The van der Waals surface area contributed by atoms with Crippen molar-refractivity contribution >= 4 is 21.8 Å². The van der Waals surface area contributed by atoms with Gasteiger partial charge >= 0.3 is 6.09 Å². The molecule has 0 spiro atoms. The van der Waals surface area contributed by atoms with Crippen molar-refractivity contribution in [1.82, 2.24) is 15.2 Å². The summed E-state index contributed by atoms with van der Waals surface area (Å²) in [5.41, 5.74) is 8.72. The summed E-state index contributed by atoms with van der Waals surface area (Å²) >= 11 is 0. The molecule has 0 aliphatic carbocycles. The predicted molar refractivity (Wildman–Crippen MR) is 170 cm³/mol. The number of aliphatic hydroxyl groups excluding tert-OH is 1. The van der Waals surface area contributed by atoms with Crippen LogP contribution in [0.4, 0.5) is 13.6 Å². The maximum absolute atomic E-state index is 14.1. The zero-order chi connectivity index (χ0) is 33.7. The van der Waals surface area contributed by atoms with Crippen LogP contribution in [0, 0.1) is 11.6 Å². The number of aromatic nitrogens is 1. The van der Waals surface area contributed by atoms with E-state index in [4.69, 9.17) is 10.5 Å². The molecule has 4 N–H and O–H groups in total. The van der Waals surface area contributed by atoms with Crippen LogP contribution in [0.2, 0.25) is 0 Å². The Labute approximate surface area is 268 Å². The summed E-state index contributed by atoms with van der Waals surface area (Å²) in [5, 5.41) is 13.5. The summed E-state index contributed by atoms with van der Waals surface area (Å²) in [6.45, 7) is 3.25. The van der Waals surface area contributed by atoms with Crippen LogP contribution in [0.15, 0.2) is 67.0 Å². The number of pyridine rings is 1. The van der Waals surface area contributed by atoms with Gasteiger partial charge in [0.25, 0.3) is 0 Å². The number of nitrogens with one attached hydrogen (secondary N) is 1. The first-order chi connectivity index (χ1) is 21.9. The first kappa shape index (κ1) is 36.5. The number of halogens is 2. The van der Waals surface area contributed by atoms with E-state index in [9.17, 15) is 31.9 Å². The normalized spacial score (nSPS) is 13.4. The number of amides is 2. The number of unbranched alkanes of at least 4 members (excludes halogenated alkanes) is 1. The van der Waals surface area contributed by atoms with E-state index < -0.39 is 57.4 Å². The van der Waals surface area contributed by atoms with Crippen LogP contribution < -0.4 is 11.1 Å². The van der Waals surface area contributed by atoms with Gasteiger partial charge in [0.15, 0.2) is 9.84 Å². The highest BCUT2D eigenvalue weighted by atomic mass is 32.2. The lowest BCUT2D eigenvalue weighted by Gasteiger charge is -2.31. The maximum atomic E-state index is 14.1. The van der Waals surface area contributed by atoms with Crippen molar-refractivity contribution in [3.8, 4) is 0 Å². The Morgan fingerprint density at radius 2 is 1.72 bits per heavy atom. The molecule has 1 aromatic heterocycles. The highest BCUT2D eigenvalue weighted by molar-refractivity contribution is 7.91. The van der Waals surface area contributed by atoms with Crippen LogP contribution in [0.1, 0.15) is 48.9 Å². The number of hydrogen-bond donors (Lipinski definition) is 3. The van der Waals surface area contributed by atoms with Gasteiger partial charge in [0.2, 0.25) is 5.91 Å². The van der Waals surface area contributed by atoms with Gasteiger partial charge in [0.05, 0.1) is 17.6 Å². The number of aryl methyl sites for hydroxylation is 1. The smallest absolute Gasteiger partial charge is 0.408 e. The zero-order valence-electron chi connectivity index (χ0n) is 26.1. The van der Waals surface area contributed by atoms with Crippen molar-refractivity contribution < 1.29 is 36.6 Å². The van der Waals surface area contributed by atoms with Crippen LogP contribution in [0.5, 0.6) is 0 Å². The zero-order valence-corrected chi connectivity index (χ0v) is 26.9. The lowest BCUT2D eigenvalue weighted by atomic mass is 10.0. The van der Waals surface area contributed by atoms with Gasteiger partial charge in [-0.1, -0.05) is 50.6 Å². The minimum absolute atomic E-state index is 0.0387. The van der Waals surface area contributed by atoms with E-state index in [1.807, 2.05) is 32.0 Å². The number of nitrogens with two attached hydrogens (primary N) is 1. The average Bonchev–Trinajstić information content (AvgIpc) is 3.01. The molecule has 0 radical (unpaired) electrons. The quantitative estimate of drug-likeness (QED) is 0.198. The van der Waals surface area contributed by atoms with Crippen molar-refractivity contribution in [2.45, 2.75) is 70.9 Å². The molecular formula is C33H42F2N4O6S. The fraction of sp³-hybridized carbons (Fsp3) is 0.424. The van der Waals surface area contributed by atoms with Crippen molar-refractivity contribution in [2.75, 3.05) is 18.1 Å². The standard InChI is InChI=1S/C33H42F2N4O6S/c1-3-5-12-46(43,44)22-30(38-33(42)45-21-25-10-7-11-37-18-25)32(41)39(19-24-9-6-8-23(4-2)13-24)20-31(40)29(36)16-26-14-27(34)17-28(35)15-26/h6-11,13-15,17-18,29-31,40H,3-5,12,16,19-22,36H2,1-2H3,(H,38,42)/t29-,30+,31+/m0/s1. The van der Waals surface area contributed by atoms with Gasteiger partial charge in [-0.15, -0.1) is 0 Å². The fourth-order valence-corrected chi connectivity index (χ4v) is 6.44. The highest BCUT2D eigenvalue weighted by Gasteiger charge is 2.33. The van der Waals surface area contributed by atoms with Crippen LogP contribution in [0.25, 0.3) is 0 Å². The van der Waals surface area contributed by atoms with E-state index in [2.05, 4.69) is 10.3 Å². The number of rotatable bonds is 17. The number of carbonyl (C=O) groups is 2. The van der Waals surface area contributed by atoms with E-state index in [0.29, 0.717) is 24.0 Å². The number of hydrogen-bond acceptors (Lipinski definition) is 8. The van der Waals surface area contributed by atoms with Crippen LogP contribution in [-0.2, 0) is 45.4 Å². The molecule has 13 heteroatoms. The second-order valence-corrected chi connectivity index (χ2v) is 13.4. The summed E-state index contributed by atoms with van der Waals surface area (Å²) < 4.78 is 58.8. The lowest BCUT2D eigenvalue weighted by molar-refractivity contribution is -0.135. The minimum atomic E-state index is -3.80. The van der Waals surface area contributed by atoms with Gasteiger partial charge in [-0.05, 0) is 54.2 Å². The van der Waals surface area contributed by atoms with E-state index in [1.54, 1.807) is 24.4 Å². The second-order valence-electron chi connectivity index (χ2n) is 11.2. The Morgan fingerprint density at radius 3 is 2.37 bits per heavy atom. The number of alkyl carbamates (subject to hydrolysis) is 1. The molecule has 0 unspecified atom stereocenters. The summed E-state index contributed by atoms with van der Waals surface area (Å²) in [6.07, 6.45) is 2.28. The molecule has 0 bridgehead atoms. The Morgan fingerprint density at radius 1 is 1.02 bits per heavy atom.